The zero-order valence-electron chi connectivity index (χ0n) is 8.40. The maximum atomic E-state index is 10.7. The molecular weight excluding hydrogens is 270 g/mol. The fourth-order valence-electron chi connectivity index (χ4n) is 1.73. The van der Waals surface area contributed by atoms with E-state index in [1.807, 2.05) is 18.2 Å². The van der Waals surface area contributed by atoms with E-state index < -0.39 is 10.8 Å². The van der Waals surface area contributed by atoms with Crippen LogP contribution in [0.15, 0.2) is 47.1 Å². The predicted octanol–water partition coefficient (Wildman–Crippen LogP) is 2.61. The number of carbonyl (C=O) groups is 1. The van der Waals surface area contributed by atoms with E-state index in [0.29, 0.717) is 12.1 Å². The van der Waals surface area contributed by atoms with Crippen molar-refractivity contribution in [1.82, 2.24) is 0 Å². The summed E-state index contributed by atoms with van der Waals surface area (Å²) in [5.41, 5.74) is 3.49. The smallest absolute Gasteiger partial charge is 0.317 e. The topological polar surface area (TPSA) is 61.2 Å². The lowest BCUT2D eigenvalue weighted by Gasteiger charge is -2.09. The molecule has 2 aliphatic carbocycles. The van der Waals surface area contributed by atoms with Crippen LogP contribution in [0.4, 0.5) is 0 Å². The van der Waals surface area contributed by atoms with Crippen LogP contribution in [-0.4, -0.2) is 21.6 Å². The summed E-state index contributed by atoms with van der Waals surface area (Å²) in [6, 6.07) is 0. The number of hydrogen-bond donors (Lipinski definition) is 2. The monoisotopic (exact) mass is 279 g/mol. The highest BCUT2D eigenvalue weighted by atomic mass is 79.9. The first-order valence-corrected chi connectivity index (χ1v) is 5.76. The minimum Gasteiger partial charge on any atom is -0.480 e. The summed E-state index contributed by atoms with van der Waals surface area (Å²) >= 11 is 3.13. The summed E-state index contributed by atoms with van der Waals surface area (Å²) in [6.45, 7) is 0. The lowest BCUT2D eigenvalue weighted by Crippen LogP contribution is -2.13. The van der Waals surface area contributed by atoms with Gasteiger partial charge in [0.15, 0.2) is 0 Å². The molecule has 1 atom stereocenters. The van der Waals surface area contributed by atoms with Gasteiger partial charge in [-0.15, -0.1) is 0 Å². The van der Waals surface area contributed by atoms with Gasteiger partial charge in [-0.05, 0) is 35.3 Å². The average molecular weight is 280 g/mol. The van der Waals surface area contributed by atoms with Crippen LogP contribution in [0.3, 0.4) is 0 Å². The number of fused-ring (bicyclic) bond motifs is 1. The second-order valence-electron chi connectivity index (χ2n) is 3.67. The van der Waals surface area contributed by atoms with Crippen molar-refractivity contribution < 1.29 is 9.90 Å². The van der Waals surface area contributed by atoms with Gasteiger partial charge in [0, 0.05) is 0 Å². The van der Waals surface area contributed by atoms with Gasteiger partial charge in [-0.25, -0.2) is 0 Å². The summed E-state index contributed by atoms with van der Waals surface area (Å²) < 4.78 is 0. The summed E-state index contributed by atoms with van der Waals surface area (Å²) in [5, 5.41) is 16.3. The zero-order chi connectivity index (χ0) is 11.7. The van der Waals surface area contributed by atoms with Crippen molar-refractivity contribution in [3.63, 3.8) is 0 Å². The lowest BCUT2D eigenvalue weighted by atomic mass is 9.97. The maximum absolute atomic E-state index is 10.7. The summed E-state index contributed by atoms with van der Waals surface area (Å²) in [6.07, 6.45) is 9.66. The van der Waals surface area contributed by atoms with Crippen molar-refractivity contribution in [1.29, 1.82) is 5.41 Å². The van der Waals surface area contributed by atoms with E-state index in [9.17, 15) is 4.79 Å². The number of hydrogen-bond acceptors (Lipinski definition) is 2. The number of nitrogens with one attached hydrogen (secondary N) is 1. The van der Waals surface area contributed by atoms with E-state index in [-0.39, 0.29) is 0 Å². The molecule has 0 bridgehead atoms. The number of halogens is 1. The van der Waals surface area contributed by atoms with Crippen LogP contribution in [0.2, 0.25) is 0 Å². The Bertz CT molecular complexity index is 483. The molecule has 82 valence electrons. The molecule has 2 N–H and O–H groups in total. The minimum atomic E-state index is -0.855. The van der Waals surface area contributed by atoms with Crippen LogP contribution in [0, 0.1) is 5.41 Å². The molecule has 2 aliphatic rings. The SMILES string of the molecule is N=C1C=CC2=C(CC(Br)C(=O)O)C=CC2=C1. The second-order valence-corrected chi connectivity index (χ2v) is 4.78. The van der Waals surface area contributed by atoms with Crippen molar-refractivity contribution in [3.05, 3.63) is 47.1 Å². The average Bonchev–Trinajstić information content (AvgIpc) is 2.60. The molecule has 3 nitrogen and oxygen atoms in total. The van der Waals surface area contributed by atoms with Crippen molar-refractivity contribution >= 4 is 27.6 Å². The van der Waals surface area contributed by atoms with E-state index in [2.05, 4.69) is 15.9 Å². The standard InChI is InChI=1S/C12H10BrNO2/c13-11(12(15)16)6-8-2-1-7-5-9(14)3-4-10(7)8/h1-5,11,14H,6H2,(H,15,16). The van der Waals surface area contributed by atoms with Gasteiger partial charge in [-0.1, -0.05) is 34.2 Å². The molecule has 0 aliphatic heterocycles. The van der Waals surface area contributed by atoms with Crippen molar-refractivity contribution in [2.45, 2.75) is 11.2 Å². The molecule has 0 saturated carbocycles. The highest BCUT2D eigenvalue weighted by Gasteiger charge is 2.20. The van der Waals surface area contributed by atoms with Crippen molar-refractivity contribution in [2.75, 3.05) is 0 Å². The summed E-state index contributed by atoms with van der Waals surface area (Å²) in [4.78, 5) is 10.2. The summed E-state index contributed by atoms with van der Waals surface area (Å²) in [7, 11) is 0. The Kier molecular flexibility index (Phi) is 2.92. The molecule has 0 amide bonds. The second kappa shape index (κ2) is 4.22. The molecule has 0 aromatic heterocycles. The third kappa shape index (κ3) is 2.07. The van der Waals surface area contributed by atoms with Crippen molar-refractivity contribution in [3.8, 4) is 0 Å². The highest BCUT2D eigenvalue weighted by molar-refractivity contribution is 9.10. The first kappa shape index (κ1) is 11.1. The van der Waals surface area contributed by atoms with Crippen molar-refractivity contribution in [2.24, 2.45) is 0 Å². The minimum absolute atomic E-state index is 0.455. The Morgan fingerprint density at radius 1 is 1.38 bits per heavy atom. The number of carboxylic acid groups (broad SMARTS) is 1. The van der Waals surface area contributed by atoms with Crippen LogP contribution in [-0.2, 0) is 4.79 Å². The third-order valence-electron chi connectivity index (χ3n) is 2.53. The maximum Gasteiger partial charge on any atom is 0.317 e. The fraction of sp³-hybridized carbons (Fsp3) is 0.167. The van der Waals surface area contributed by atoms with Gasteiger partial charge in [0.1, 0.15) is 4.83 Å². The molecule has 0 radical (unpaired) electrons. The molecule has 0 aromatic rings. The van der Waals surface area contributed by atoms with Crippen LogP contribution >= 0.6 is 15.9 Å². The predicted molar refractivity (Wildman–Crippen MR) is 66.1 cm³/mol. The largest absolute Gasteiger partial charge is 0.480 e. The Hall–Kier alpha value is -1.42. The molecule has 16 heavy (non-hydrogen) atoms. The first-order valence-electron chi connectivity index (χ1n) is 4.85. The number of rotatable bonds is 3. The molecular formula is C12H10BrNO2. The number of allylic oxidation sites excluding steroid dienone is 8. The molecule has 1 unspecified atom stereocenters. The van der Waals surface area contributed by atoms with E-state index in [4.69, 9.17) is 10.5 Å². The Labute approximate surface area is 101 Å². The summed E-state index contributed by atoms with van der Waals surface area (Å²) in [5.74, 6) is -0.855. The third-order valence-corrected chi connectivity index (χ3v) is 3.24. The molecule has 0 heterocycles. The quantitative estimate of drug-likeness (QED) is 0.780. The number of carboxylic acids is 1. The number of aliphatic carboxylic acids is 1. The Balaban J connectivity index is 2.24. The number of alkyl halides is 1. The van der Waals surface area contributed by atoms with Gasteiger partial charge in [0.05, 0.1) is 5.71 Å². The molecule has 2 rings (SSSR count). The Morgan fingerprint density at radius 2 is 2.12 bits per heavy atom. The molecule has 0 spiro atoms. The fourth-order valence-corrected chi connectivity index (χ4v) is 2.08. The van der Waals surface area contributed by atoms with Crippen LogP contribution in [0.1, 0.15) is 6.42 Å². The van der Waals surface area contributed by atoms with Crippen LogP contribution in [0.5, 0.6) is 0 Å². The van der Waals surface area contributed by atoms with Crippen LogP contribution < -0.4 is 0 Å². The Morgan fingerprint density at radius 3 is 2.81 bits per heavy atom. The highest BCUT2D eigenvalue weighted by Crippen LogP contribution is 2.32. The molecule has 0 saturated heterocycles. The van der Waals surface area contributed by atoms with Gasteiger partial charge >= 0.3 is 5.97 Å². The normalized spacial score (nSPS) is 19.8. The van der Waals surface area contributed by atoms with Gasteiger partial charge in [0.25, 0.3) is 0 Å². The first-order chi connectivity index (χ1) is 7.58. The van der Waals surface area contributed by atoms with Crippen LogP contribution in [0.25, 0.3) is 0 Å². The van der Waals surface area contributed by atoms with Gasteiger partial charge in [-0.2, -0.15) is 0 Å². The molecule has 0 aromatic carbocycles. The molecule has 0 fully saturated rings. The van der Waals surface area contributed by atoms with E-state index in [1.165, 1.54) is 0 Å². The van der Waals surface area contributed by atoms with Gasteiger partial charge in [-0.3, -0.25) is 4.79 Å². The lowest BCUT2D eigenvalue weighted by molar-refractivity contribution is -0.136. The van der Waals surface area contributed by atoms with Gasteiger partial charge in [0.2, 0.25) is 0 Å². The zero-order valence-corrected chi connectivity index (χ0v) is 9.99. The molecule has 4 heteroatoms. The van der Waals surface area contributed by atoms with E-state index in [1.54, 1.807) is 12.2 Å². The van der Waals surface area contributed by atoms with E-state index in [0.717, 1.165) is 16.7 Å². The van der Waals surface area contributed by atoms with E-state index >= 15 is 0 Å². The van der Waals surface area contributed by atoms with Gasteiger partial charge < -0.3 is 10.5 Å².